The van der Waals surface area contributed by atoms with Gasteiger partial charge in [0.2, 0.25) is 30.1 Å². The van der Waals surface area contributed by atoms with E-state index in [9.17, 15) is 25.3 Å². The number of carbonyl (C=O) groups is 3. The Morgan fingerprint density at radius 1 is 0.434 bits per heavy atom. The van der Waals surface area contributed by atoms with Gasteiger partial charge in [0.25, 0.3) is 17.9 Å². The monoisotopic (exact) mass is 1250 g/mol. The van der Waals surface area contributed by atoms with Crippen molar-refractivity contribution in [3.05, 3.63) is 78.9 Å². The summed E-state index contributed by atoms with van der Waals surface area (Å²) in [7, 11) is -1.15. The van der Waals surface area contributed by atoms with Gasteiger partial charge >= 0.3 is 17.1 Å². The van der Waals surface area contributed by atoms with Crippen molar-refractivity contribution in [1.29, 1.82) is 0 Å². The maximum absolute atomic E-state index is 14.3. The number of nitrogens with zero attached hydrogens (tertiary/aromatic N) is 11. The molecule has 3 aromatic heterocycles. The third-order valence-corrected chi connectivity index (χ3v) is 16.2. The molecule has 0 saturated carbocycles. The first-order chi connectivity index (χ1) is 38.6. The Labute approximate surface area is 490 Å². The Morgan fingerprint density at radius 2 is 0.735 bits per heavy atom. The normalized spacial score (nSPS) is 11.9. The van der Waals surface area contributed by atoms with Gasteiger partial charge in [-0.15, -0.1) is 0 Å². The smallest absolute Gasteiger partial charge is 0.481 e. The SMILES string of the molecule is CC(=O)O.CC(=O)O.CC(=O)O.CN(C)CCCNS(=O)(=O)c1cccc2c1-c1nc-2nc2[n-]c(nc3nc(nc4[n-]c(n1)c1cccc(S(=O)(=O)NCCCN(C)C)c41)-c1ccccc1-3)c1cccc(S(=O)(=O)NCCCN(C)C)c21.[Cu+2]. The Bertz CT molecular complexity index is 3950. The second-order valence-corrected chi connectivity index (χ2v) is 24.5. The van der Waals surface area contributed by atoms with Gasteiger partial charge in [0.1, 0.15) is 0 Å². The third kappa shape index (κ3) is 17.2. The molecule has 6 N–H and O–H groups in total. The van der Waals surface area contributed by atoms with E-state index in [-0.39, 0.29) is 125 Å². The van der Waals surface area contributed by atoms with E-state index in [0.29, 0.717) is 55.4 Å². The number of sulfonamides is 3. The topological polar surface area (TPSA) is 366 Å². The first-order valence-electron chi connectivity index (χ1n) is 25.3. The molecule has 5 heterocycles. The van der Waals surface area contributed by atoms with E-state index in [4.69, 9.17) is 69.6 Å². The van der Waals surface area contributed by atoms with Crippen LogP contribution in [0, 0.1) is 0 Å². The molecule has 1 radical (unpaired) electrons. The molecule has 0 spiro atoms. The fraction of sp³-hybridized carbons (Fsp3) is 0.340. The minimum Gasteiger partial charge on any atom is -0.481 e. The van der Waals surface area contributed by atoms with Crippen molar-refractivity contribution in [1.82, 2.24) is 68.7 Å². The molecule has 0 aliphatic carbocycles. The molecule has 83 heavy (non-hydrogen) atoms. The molecule has 0 amide bonds. The molecule has 26 nitrogen and oxygen atoms in total. The van der Waals surface area contributed by atoms with E-state index in [1.165, 1.54) is 18.2 Å². The Morgan fingerprint density at radius 3 is 1.12 bits per heavy atom. The quantitative estimate of drug-likeness (QED) is 0.0520. The van der Waals surface area contributed by atoms with E-state index in [0.717, 1.165) is 20.8 Å². The first-order valence-corrected chi connectivity index (χ1v) is 29.8. The average molecular weight is 1250 g/mol. The number of carboxylic acid groups (broad SMARTS) is 3. The zero-order chi connectivity index (χ0) is 60.3. The van der Waals surface area contributed by atoms with Crippen LogP contribution in [0.3, 0.4) is 0 Å². The summed E-state index contributed by atoms with van der Waals surface area (Å²) in [5, 5.41) is 23.2. The predicted octanol–water partition coefficient (Wildman–Crippen LogP) is 4.09. The Balaban J connectivity index is 0.000000887. The molecule has 8 bridgehead atoms. The molecule has 0 unspecified atom stereocenters. The van der Waals surface area contributed by atoms with Crippen LogP contribution in [0.25, 0.3) is 89.7 Å². The largest absolute Gasteiger partial charge is 2.00 e. The molecule has 2 aliphatic rings. The van der Waals surface area contributed by atoms with Gasteiger partial charge in [-0.3, -0.25) is 14.4 Å². The molecule has 4 aromatic carbocycles. The number of fused-ring (bicyclic) bond motifs is 20. The van der Waals surface area contributed by atoms with Crippen LogP contribution < -0.4 is 24.1 Å². The fourth-order valence-electron chi connectivity index (χ4n) is 8.37. The Hall–Kier alpha value is -7.22. The van der Waals surface area contributed by atoms with Gasteiger partial charge in [-0.2, -0.15) is 0 Å². The Kier molecular flexibility index (Phi) is 23.1. The molecule has 30 heteroatoms. The minimum atomic E-state index is -4.23. The standard InChI is InChI=1S/C47H52N14O6S3.3C2H4O2.Cu/c1-59(2)26-12-23-48-68(62,63)34-20-9-17-31-37(34)46-54-42(31)52-40-29-15-7-8-16-30(29)41(51-40)53-45-38-32(18-10-21-35(38)69(64,65)49-24-13-27-60(3)4)43(55-45)57-47-39-33(44(56-46)58-47)19-11-22-36(39)70(66,67)50-25-14-28-61(5)6;3*1-2(3)4;/h7-11,15-22,48-50H,12-14,23-28H2,1-6H3;3*1H3,(H,3,4);/q-2;;;;+2. The zero-order valence-electron chi connectivity index (χ0n) is 46.8. The van der Waals surface area contributed by atoms with E-state index in [1.807, 2.05) is 75.2 Å². The molecule has 9 rings (SSSR count). The summed E-state index contributed by atoms with van der Waals surface area (Å²) in [6.45, 7) is 5.66. The van der Waals surface area contributed by atoms with Crippen molar-refractivity contribution in [3.8, 4) is 45.6 Å². The molecule has 0 atom stereocenters. The summed E-state index contributed by atoms with van der Waals surface area (Å²) < 4.78 is 93.7. The van der Waals surface area contributed by atoms with E-state index in [2.05, 4.69) is 14.2 Å². The number of benzene rings is 4. The second kappa shape index (κ2) is 28.9. The van der Waals surface area contributed by atoms with Gasteiger partial charge in [0, 0.05) is 96.0 Å². The molecular weight excluding hydrogens is 1180 g/mol. The minimum absolute atomic E-state index is 0. The second-order valence-electron chi connectivity index (χ2n) is 19.3. The number of hydrogen-bond donors (Lipinski definition) is 6. The number of aromatic nitrogens is 8. The summed E-state index contributed by atoms with van der Waals surface area (Å²) in [6, 6.07) is 21.4. The maximum atomic E-state index is 14.3. The molecule has 2 aliphatic heterocycles. The van der Waals surface area contributed by atoms with Crippen molar-refractivity contribution in [2.75, 3.05) is 81.6 Å². The number of nitrogens with one attached hydrogen (secondary N) is 3. The van der Waals surface area contributed by atoms with Crippen LogP contribution in [-0.2, 0) is 61.5 Å². The van der Waals surface area contributed by atoms with Crippen molar-refractivity contribution in [2.24, 2.45) is 0 Å². The van der Waals surface area contributed by atoms with Crippen LogP contribution >= 0.6 is 0 Å². The molecule has 0 fully saturated rings. The van der Waals surface area contributed by atoms with Gasteiger partial charge in [-0.25, -0.2) is 49.4 Å². The fourth-order valence-corrected chi connectivity index (χ4v) is 12.3. The molecule has 7 aromatic rings. The molecular formula is C53H64CuN14O12S3. The third-order valence-electron chi connectivity index (χ3n) is 11.7. The summed E-state index contributed by atoms with van der Waals surface area (Å²) in [5.41, 5.74) is 1.52. The zero-order valence-corrected chi connectivity index (χ0v) is 50.2. The van der Waals surface area contributed by atoms with Crippen LogP contribution in [0.1, 0.15) is 40.0 Å². The molecule has 0 saturated heterocycles. The summed E-state index contributed by atoms with van der Waals surface area (Å²) >= 11 is 0. The van der Waals surface area contributed by atoms with E-state index < -0.39 is 48.0 Å². The van der Waals surface area contributed by atoms with Gasteiger partial charge < -0.3 is 59.9 Å². The van der Waals surface area contributed by atoms with Crippen molar-refractivity contribution < 1.29 is 72.0 Å². The van der Waals surface area contributed by atoms with Crippen LogP contribution in [0.2, 0.25) is 0 Å². The number of carboxylic acids is 3. The van der Waals surface area contributed by atoms with Crippen LogP contribution in [0.4, 0.5) is 0 Å². The summed E-state index contributed by atoms with van der Waals surface area (Å²) in [4.78, 5) is 71.8. The van der Waals surface area contributed by atoms with Crippen molar-refractivity contribution in [2.45, 2.75) is 54.7 Å². The van der Waals surface area contributed by atoms with Gasteiger partial charge in [0.15, 0.2) is 0 Å². The van der Waals surface area contributed by atoms with Crippen LogP contribution in [-0.4, -0.2) is 185 Å². The van der Waals surface area contributed by atoms with Gasteiger partial charge in [-0.05, 0) is 110 Å². The maximum Gasteiger partial charge on any atom is 2.00 e. The van der Waals surface area contributed by atoms with Gasteiger partial charge in [0.05, 0.1) is 38.0 Å². The number of hydrogen-bond acceptors (Lipinski definition) is 18. The van der Waals surface area contributed by atoms with E-state index >= 15 is 0 Å². The first kappa shape index (κ1) is 66.6. The summed E-state index contributed by atoms with van der Waals surface area (Å²) in [5.74, 6) is -2.26. The van der Waals surface area contributed by atoms with Crippen molar-refractivity contribution in [3.63, 3.8) is 0 Å². The van der Waals surface area contributed by atoms with Crippen molar-refractivity contribution >= 4 is 92.1 Å². The number of rotatable bonds is 18. The average Bonchev–Trinajstić information content (AvgIpc) is 1.92. The van der Waals surface area contributed by atoms with Crippen LogP contribution in [0.5, 0.6) is 0 Å². The molecule has 447 valence electrons. The van der Waals surface area contributed by atoms with Gasteiger partial charge in [-0.1, -0.05) is 60.7 Å². The summed E-state index contributed by atoms with van der Waals surface area (Å²) in [6.07, 6.45) is 1.63. The van der Waals surface area contributed by atoms with Crippen LogP contribution in [0.15, 0.2) is 93.5 Å². The number of aliphatic carboxylic acids is 3. The predicted molar refractivity (Wildman–Crippen MR) is 309 cm³/mol. The van der Waals surface area contributed by atoms with E-state index in [1.54, 1.807) is 42.5 Å².